The van der Waals surface area contributed by atoms with Crippen molar-refractivity contribution in [2.45, 2.75) is 13.5 Å². The van der Waals surface area contributed by atoms with E-state index in [1.165, 1.54) is 0 Å². The van der Waals surface area contributed by atoms with E-state index in [2.05, 4.69) is 15.5 Å². The average Bonchev–Trinajstić information content (AvgIpc) is 3.24. The Bertz CT molecular complexity index is 887. The van der Waals surface area contributed by atoms with Crippen molar-refractivity contribution in [2.24, 2.45) is 7.05 Å². The lowest BCUT2D eigenvalue weighted by molar-refractivity contribution is 0.152. The quantitative estimate of drug-likeness (QED) is 0.695. The summed E-state index contributed by atoms with van der Waals surface area (Å²) in [6.07, 6.45) is 3.65. The molecule has 0 saturated heterocycles. The first-order valence-corrected chi connectivity index (χ1v) is 8.71. The van der Waals surface area contributed by atoms with Gasteiger partial charge in [0.05, 0.1) is 30.7 Å². The maximum atomic E-state index is 12.9. The summed E-state index contributed by atoms with van der Waals surface area (Å²) in [6.45, 7) is 3.26. The molecule has 8 nitrogen and oxygen atoms in total. The summed E-state index contributed by atoms with van der Waals surface area (Å²) >= 11 is 0. The number of amides is 2. The second kappa shape index (κ2) is 8.50. The third-order valence-electron chi connectivity index (χ3n) is 4.05. The Morgan fingerprint density at radius 1 is 1.30 bits per heavy atom. The lowest BCUT2D eigenvalue weighted by Gasteiger charge is -2.22. The number of urea groups is 1. The smallest absolute Gasteiger partial charge is 0.323 e. The Hall–Kier alpha value is -3.13. The van der Waals surface area contributed by atoms with E-state index in [-0.39, 0.29) is 6.03 Å². The van der Waals surface area contributed by atoms with E-state index in [1.54, 1.807) is 27.6 Å². The number of aryl methyl sites for hydroxylation is 2. The molecule has 1 aromatic carbocycles. The van der Waals surface area contributed by atoms with E-state index in [1.807, 2.05) is 56.6 Å². The van der Waals surface area contributed by atoms with Crippen LogP contribution < -0.4 is 5.32 Å². The summed E-state index contributed by atoms with van der Waals surface area (Å²) in [6, 6.07) is 11.3. The number of nitrogens with zero attached hydrogens (tertiary/aromatic N) is 5. The SMILES string of the molecule is COCCN(Cc1cnn(C)c1)C(=O)Nc1cc(C)nn1-c1ccccc1. The van der Waals surface area contributed by atoms with E-state index >= 15 is 0 Å². The number of hydrogen-bond acceptors (Lipinski definition) is 4. The Morgan fingerprint density at radius 2 is 2.07 bits per heavy atom. The van der Waals surface area contributed by atoms with Crippen LogP contribution in [0.4, 0.5) is 10.6 Å². The molecule has 0 atom stereocenters. The highest BCUT2D eigenvalue weighted by molar-refractivity contribution is 5.88. The molecule has 8 heteroatoms. The van der Waals surface area contributed by atoms with Gasteiger partial charge in [-0.1, -0.05) is 18.2 Å². The van der Waals surface area contributed by atoms with E-state index < -0.39 is 0 Å². The van der Waals surface area contributed by atoms with Gasteiger partial charge in [-0.3, -0.25) is 10.00 Å². The monoisotopic (exact) mass is 368 g/mol. The summed E-state index contributed by atoms with van der Waals surface area (Å²) in [7, 11) is 3.47. The number of aromatic nitrogens is 4. The van der Waals surface area contributed by atoms with Gasteiger partial charge in [-0.15, -0.1) is 0 Å². The van der Waals surface area contributed by atoms with Gasteiger partial charge in [0.2, 0.25) is 0 Å². The number of hydrogen-bond donors (Lipinski definition) is 1. The van der Waals surface area contributed by atoms with Crippen LogP contribution in [-0.4, -0.2) is 50.8 Å². The molecule has 27 heavy (non-hydrogen) atoms. The molecule has 0 aliphatic rings. The molecular formula is C19H24N6O2. The molecule has 142 valence electrons. The number of carbonyl (C=O) groups is 1. The number of benzene rings is 1. The molecule has 1 N–H and O–H groups in total. The van der Waals surface area contributed by atoms with E-state index in [0.29, 0.717) is 25.5 Å². The van der Waals surface area contributed by atoms with Crippen LogP contribution in [0.3, 0.4) is 0 Å². The topological polar surface area (TPSA) is 77.2 Å². The fourth-order valence-corrected chi connectivity index (χ4v) is 2.77. The van der Waals surface area contributed by atoms with Crippen molar-refractivity contribution in [1.82, 2.24) is 24.5 Å². The number of ether oxygens (including phenoxy) is 1. The van der Waals surface area contributed by atoms with Gasteiger partial charge in [0.25, 0.3) is 0 Å². The van der Waals surface area contributed by atoms with Crippen molar-refractivity contribution in [3.8, 4) is 5.69 Å². The van der Waals surface area contributed by atoms with Crippen LogP contribution in [0.5, 0.6) is 0 Å². The second-order valence-corrected chi connectivity index (χ2v) is 6.29. The molecule has 3 rings (SSSR count). The highest BCUT2D eigenvalue weighted by atomic mass is 16.5. The first-order chi connectivity index (χ1) is 13.1. The molecule has 2 aromatic heterocycles. The third-order valence-corrected chi connectivity index (χ3v) is 4.05. The van der Waals surface area contributed by atoms with E-state index in [9.17, 15) is 4.79 Å². The zero-order valence-corrected chi connectivity index (χ0v) is 15.8. The van der Waals surface area contributed by atoms with Crippen LogP contribution in [0.25, 0.3) is 5.69 Å². The first-order valence-electron chi connectivity index (χ1n) is 8.71. The predicted octanol–water partition coefficient (Wildman–Crippen LogP) is 2.59. The Balaban J connectivity index is 1.79. The van der Waals surface area contributed by atoms with Crippen LogP contribution in [0.2, 0.25) is 0 Å². The van der Waals surface area contributed by atoms with Crippen molar-refractivity contribution < 1.29 is 9.53 Å². The maximum absolute atomic E-state index is 12.9. The largest absolute Gasteiger partial charge is 0.383 e. The van der Waals surface area contributed by atoms with Crippen molar-refractivity contribution >= 4 is 11.8 Å². The van der Waals surface area contributed by atoms with Crippen molar-refractivity contribution in [2.75, 3.05) is 25.6 Å². The number of rotatable bonds is 7. The van der Waals surface area contributed by atoms with Crippen molar-refractivity contribution in [1.29, 1.82) is 0 Å². The van der Waals surface area contributed by atoms with Gasteiger partial charge in [0.15, 0.2) is 0 Å². The number of para-hydroxylation sites is 1. The first kappa shape index (κ1) is 18.7. The fraction of sp³-hybridized carbons (Fsp3) is 0.316. The van der Waals surface area contributed by atoms with Crippen molar-refractivity contribution in [3.63, 3.8) is 0 Å². The van der Waals surface area contributed by atoms with Crippen LogP contribution >= 0.6 is 0 Å². The van der Waals surface area contributed by atoms with Gasteiger partial charge >= 0.3 is 6.03 Å². The molecule has 3 aromatic rings. The number of nitrogens with one attached hydrogen (secondary N) is 1. The average molecular weight is 368 g/mol. The molecule has 2 amide bonds. The normalized spacial score (nSPS) is 10.8. The Labute approximate surface area is 158 Å². The zero-order chi connectivity index (χ0) is 19.2. The van der Waals surface area contributed by atoms with E-state index in [4.69, 9.17) is 4.74 Å². The molecular weight excluding hydrogens is 344 g/mol. The number of anilines is 1. The maximum Gasteiger partial charge on any atom is 0.323 e. The lowest BCUT2D eigenvalue weighted by atomic mass is 10.3. The fourth-order valence-electron chi connectivity index (χ4n) is 2.77. The van der Waals surface area contributed by atoms with Crippen LogP contribution in [-0.2, 0) is 18.3 Å². The standard InChI is InChI=1S/C19H24N6O2/c1-15-11-18(25(22-15)17-7-5-4-6-8-17)21-19(26)24(9-10-27-3)14-16-12-20-23(2)13-16/h4-8,11-13H,9-10,14H2,1-3H3,(H,21,26). The van der Waals surface area contributed by atoms with Crippen LogP contribution in [0.15, 0.2) is 48.8 Å². The molecule has 0 unspecified atom stereocenters. The van der Waals surface area contributed by atoms with Gasteiger partial charge in [-0.2, -0.15) is 10.2 Å². The third kappa shape index (κ3) is 4.73. The molecule has 0 radical (unpaired) electrons. The van der Waals surface area contributed by atoms with Gasteiger partial charge in [-0.25, -0.2) is 9.48 Å². The highest BCUT2D eigenvalue weighted by Crippen LogP contribution is 2.18. The molecule has 0 aliphatic carbocycles. The highest BCUT2D eigenvalue weighted by Gasteiger charge is 2.18. The van der Waals surface area contributed by atoms with Gasteiger partial charge < -0.3 is 9.64 Å². The van der Waals surface area contributed by atoms with Gasteiger partial charge in [0, 0.05) is 38.5 Å². The molecule has 0 spiro atoms. The summed E-state index contributed by atoms with van der Waals surface area (Å²) in [5.74, 6) is 0.623. The van der Waals surface area contributed by atoms with Gasteiger partial charge in [0.1, 0.15) is 5.82 Å². The number of carbonyl (C=O) groups excluding carboxylic acids is 1. The second-order valence-electron chi connectivity index (χ2n) is 6.29. The minimum Gasteiger partial charge on any atom is -0.383 e. The minimum absolute atomic E-state index is 0.215. The summed E-state index contributed by atoms with van der Waals surface area (Å²) < 4.78 is 8.60. The molecule has 0 aliphatic heterocycles. The number of methoxy groups -OCH3 is 1. The van der Waals surface area contributed by atoms with E-state index in [0.717, 1.165) is 16.9 Å². The lowest BCUT2D eigenvalue weighted by Crippen LogP contribution is -2.37. The zero-order valence-electron chi connectivity index (χ0n) is 15.8. The van der Waals surface area contributed by atoms with Crippen LogP contribution in [0.1, 0.15) is 11.3 Å². The molecule has 0 fully saturated rings. The molecule has 0 saturated carbocycles. The minimum atomic E-state index is -0.215. The van der Waals surface area contributed by atoms with Gasteiger partial charge in [-0.05, 0) is 19.1 Å². The Kier molecular flexibility index (Phi) is 5.87. The summed E-state index contributed by atoms with van der Waals surface area (Å²) in [5.41, 5.74) is 2.66. The summed E-state index contributed by atoms with van der Waals surface area (Å²) in [5, 5.41) is 11.6. The Morgan fingerprint density at radius 3 is 2.74 bits per heavy atom. The van der Waals surface area contributed by atoms with Crippen LogP contribution in [0, 0.1) is 6.92 Å². The predicted molar refractivity (Wildman–Crippen MR) is 103 cm³/mol. The molecule has 0 bridgehead atoms. The molecule has 2 heterocycles. The summed E-state index contributed by atoms with van der Waals surface area (Å²) in [4.78, 5) is 14.6. The van der Waals surface area contributed by atoms with Crippen molar-refractivity contribution in [3.05, 3.63) is 60.0 Å².